The number of esters is 1. The van der Waals surface area contributed by atoms with E-state index in [2.05, 4.69) is 5.32 Å². The van der Waals surface area contributed by atoms with Crippen LogP contribution >= 0.6 is 0 Å². The molecule has 2 atom stereocenters. The fourth-order valence-corrected chi connectivity index (χ4v) is 1.83. The van der Waals surface area contributed by atoms with Crippen molar-refractivity contribution in [2.24, 2.45) is 0 Å². The van der Waals surface area contributed by atoms with Gasteiger partial charge >= 0.3 is 5.97 Å². The van der Waals surface area contributed by atoms with Crippen LogP contribution in [0.5, 0.6) is 0 Å². The van der Waals surface area contributed by atoms with Gasteiger partial charge in [0, 0.05) is 13.7 Å². The van der Waals surface area contributed by atoms with Crippen LogP contribution < -0.4 is 5.32 Å². The first kappa shape index (κ1) is 17.6. The second kappa shape index (κ2) is 8.12. The third kappa shape index (κ3) is 5.83. The molecule has 0 aromatic heterocycles. The number of rotatable bonds is 8. The lowest BCUT2D eigenvalue weighted by Crippen LogP contribution is -2.40. The van der Waals surface area contributed by atoms with E-state index in [0.717, 1.165) is 5.56 Å². The minimum Gasteiger partial charge on any atom is -0.468 e. The average molecular weight is 295 g/mol. The first-order valence-electron chi connectivity index (χ1n) is 6.98. The monoisotopic (exact) mass is 295 g/mol. The minimum absolute atomic E-state index is 0.228. The Kier molecular flexibility index (Phi) is 6.81. The molecule has 21 heavy (non-hydrogen) atoms. The molecule has 5 heteroatoms. The largest absolute Gasteiger partial charge is 0.468 e. The van der Waals surface area contributed by atoms with Crippen LogP contribution in [0, 0.1) is 0 Å². The molecule has 0 amide bonds. The van der Waals surface area contributed by atoms with Gasteiger partial charge in [0.25, 0.3) is 0 Å². The molecule has 0 saturated carbocycles. The van der Waals surface area contributed by atoms with Crippen molar-refractivity contribution in [1.29, 1.82) is 0 Å². The van der Waals surface area contributed by atoms with Gasteiger partial charge < -0.3 is 19.5 Å². The van der Waals surface area contributed by atoms with Crippen LogP contribution in [-0.2, 0) is 19.0 Å². The van der Waals surface area contributed by atoms with Crippen molar-refractivity contribution in [3.8, 4) is 0 Å². The van der Waals surface area contributed by atoms with Crippen molar-refractivity contribution in [2.75, 3.05) is 20.8 Å². The highest BCUT2D eigenvalue weighted by molar-refractivity contribution is 5.75. The summed E-state index contributed by atoms with van der Waals surface area (Å²) in [5.41, 5.74) is 1.02. The van der Waals surface area contributed by atoms with Crippen molar-refractivity contribution >= 4 is 5.97 Å². The number of nitrogens with one attached hydrogen (secondary N) is 1. The van der Waals surface area contributed by atoms with Gasteiger partial charge in [-0.2, -0.15) is 0 Å². The van der Waals surface area contributed by atoms with E-state index in [0.29, 0.717) is 6.54 Å². The standard InChI is InChI=1S/C16H25NO4/c1-12(15(18)19-4)17-11-14(21-16(2,3)20-5)13-9-7-6-8-10-13/h6-10,12,14,17H,11H2,1-5H3/t12-,14-/m0/s1. The van der Waals surface area contributed by atoms with Crippen LogP contribution in [0.25, 0.3) is 0 Å². The SMILES string of the molecule is COC(=O)[C@H](C)NC[C@H](OC(C)(C)OC)c1ccccc1. The molecule has 0 heterocycles. The summed E-state index contributed by atoms with van der Waals surface area (Å²) in [7, 11) is 2.98. The number of hydrogen-bond acceptors (Lipinski definition) is 5. The minimum atomic E-state index is -0.712. The molecule has 0 fully saturated rings. The molecule has 0 aliphatic carbocycles. The Morgan fingerprint density at radius 1 is 1.24 bits per heavy atom. The normalized spacial score (nSPS) is 14.5. The third-order valence-electron chi connectivity index (χ3n) is 3.25. The van der Waals surface area contributed by atoms with Crippen molar-refractivity contribution < 1.29 is 19.0 Å². The Bertz CT molecular complexity index is 433. The molecule has 1 N–H and O–H groups in total. The zero-order valence-electron chi connectivity index (χ0n) is 13.4. The van der Waals surface area contributed by atoms with Crippen LogP contribution in [0.2, 0.25) is 0 Å². The quantitative estimate of drug-likeness (QED) is 0.589. The summed E-state index contributed by atoms with van der Waals surface area (Å²) in [5.74, 6) is -1.01. The van der Waals surface area contributed by atoms with Gasteiger partial charge in [0.1, 0.15) is 6.04 Å². The fourth-order valence-electron chi connectivity index (χ4n) is 1.83. The van der Waals surface area contributed by atoms with Crippen LogP contribution in [0.3, 0.4) is 0 Å². The molecule has 0 aliphatic rings. The Hall–Kier alpha value is -1.43. The van der Waals surface area contributed by atoms with Gasteiger partial charge in [-0.3, -0.25) is 4.79 Å². The van der Waals surface area contributed by atoms with Gasteiger partial charge in [0.2, 0.25) is 0 Å². The van der Waals surface area contributed by atoms with Gasteiger partial charge in [0.15, 0.2) is 5.79 Å². The maximum Gasteiger partial charge on any atom is 0.322 e. The van der Waals surface area contributed by atoms with Gasteiger partial charge in [0.05, 0.1) is 13.2 Å². The molecular weight excluding hydrogens is 270 g/mol. The number of carbonyl (C=O) groups is 1. The molecule has 0 saturated heterocycles. The highest BCUT2D eigenvalue weighted by Gasteiger charge is 2.25. The van der Waals surface area contributed by atoms with Crippen LogP contribution in [0.15, 0.2) is 30.3 Å². The second-order valence-corrected chi connectivity index (χ2v) is 5.27. The van der Waals surface area contributed by atoms with E-state index in [1.165, 1.54) is 7.11 Å². The van der Waals surface area contributed by atoms with Gasteiger partial charge in [-0.1, -0.05) is 30.3 Å². The number of benzene rings is 1. The lowest BCUT2D eigenvalue weighted by molar-refractivity contribution is -0.224. The predicted octanol–water partition coefficient (Wildman–Crippen LogP) is 2.28. The zero-order valence-corrected chi connectivity index (χ0v) is 13.4. The first-order chi connectivity index (χ1) is 9.89. The number of hydrogen-bond donors (Lipinski definition) is 1. The summed E-state index contributed by atoms with van der Waals surface area (Å²) in [6.07, 6.45) is -0.228. The topological polar surface area (TPSA) is 56.8 Å². The molecule has 0 aliphatic heterocycles. The molecule has 1 aromatic rings. The maximum absolute atomic E-state index is 11.5. The summed E-state index contributed by atoms with van der Waals surface area (Å²) in [6, 6.07) is 9.44. The Labute approximate surface area is 126 Å². The van der Waals surface area contributed by atoms with Gasteiger partial charge in [-0.25, -0.2) is 0 Å². The van der Waals surface area contributed by atoms with Crippen LogP contribution in [-0.4, -0.2) is 38.6 Å². The van der Waals surface area contributed by atoms with Crippen LogP contribution in [0.1, 0.15) is 32.4 Å². The first-order valence-corrected chi connectivity index (χ1v) is 6.98. The Balaban J connectivity index is 2.76. The Morgan fingerprint density at radius 2 is 1.86 bits per heavy atom. The summed E-state index contributed by atoms with van der Waals surface area (Å²) < 4.78 is 16.0. The molecule has 5 nitrogen and oxygen atoms in total. The van der Waals surface area contributed by atoms with Crippen molar-refractivity contribution in [1.82, 2.24) is 5.32 Å². The fraction of sp³-hybridized carbons (Fsp3) is 0.562. The lowest BCUT2D eigenvalue weighted by Gasteiger charge is -2.30. The molecule has 1 rings (SSSR count). The molecule has 1 aromatic carbocycles. The third-order valence-corrected chi connectivity index (χ3v) is 3.25. The number of carbonyl (C=O) groups excluding carboxylic acids is 1. The molecule has 0 bridgehead atoms. The van der Waals surface area contributed by atoms with E-state index >= 15 is 0 Å². The van der Waals surface area contributed by atoms with Crippen molar-refractivity contribution in [3.05, 3.63) is 35.9 Å². The highest BCUT2D eigenvalue weighted by Crippen LogP contribution is 2.24. The number of ether oxygens (including phenoxy) is 3. The number of methoxy groups -OCH3 is 2. The van der Waals surface area contributed by atoms with E-state index in [1.54, 1.807) is 14.0 Å². The van der Waals surface area contributed by atoms with Crippen LogP contribution in [0.4, 0.5) is 0 Å². The molecule has 0 unspecified atom stereocenters. The molecule has 0 spiro atoms. The van der Waals surface area contributed by atoms with E-state index in [1.807, 2.05) is 44.2 Å². The maximum atomic E-state index is 11.5. The van der Waals surface area contributed by atoms with Crippen molar-refractivity contribution in [3.63, 3.8) is 0 Å². The average Bonchev–Trinajstić information content (AvgIpc) is 2.51. The summed E-state index contributed by atoms with van der Waals surface area (Å²) >= 11 is 0. The smallest absolute Gasteiger partial charge is 0.322 e. The van der Waals surface area contributed by atoms with Crippen molar-refractivity contribution in [2.45, 2.75) is 38.7 Å². The zero-order chi connectivity index (χ0) is 15.9. The molecule has 0 radical (unpaired) electrons. The second-order valence-electron chi connectivity index (χ2n) is 5.27. The van der Waals surface area contributed by atoms with E-state index in [-0.39, 0.29) is 12.1 Å². The van der Waals surface area contributed by atoms with Gasteiger partial charge in [-0.15, -0.1) is 0 Å². The van der Waals surface area contributed by atoms with E-state index < -0.39 is 11.8 Å². The van der Waals surface area contributed by atoms with E-state index in [4.69, 9.17) is 14.2 Å². The summed E-state index contributed by atoms with van der Waals surface area (Å²) in [4.78, 5) is 11.5. The molecule has 118 valence electrons. The molecular formula is C16H25NO4. The summed E-state index contributed by atoms with van der Waals surface area (Å²) in [5, 5.41) is 3.12. The predicted molar refractivity (Wildman–Crippen MR) is 80.8 cm³/mol. The lowest BCUT2D eigenvalue weighted by atomic mass is 10.1. The van der Waals surface area contributed by atoms with Gasteiger partial charge in [-0.05, 0) is 26.3 Å². The Morgan fingerprint density at radius 3 is 2.38 bits per heavy atom. The highest BCUT2D eigenvalue weighted by atomic mass is 16.7. The summed E-state index contributed by atoms with van der Waals surface area (Å²) in [6.45, 7) is 5.95. The van der Waals surface area contributed by atoms with E-state index in [9.17, 15) is 4.79 Å².